The van der Waals surface area contributed by atoms with E-state index in [9.17, 15) is 9.59 Å². The van der Waals surface area contributed by atoms with Gasteiger partial charge < -0.3 is 24.8 Å². The molecule has 0 aliphatic carbocycles. The molecule has 0 unspecified atom stereocenters. The lowest BCUT2D eigenvalue weighted by molar-refractivity contribution is -0.120. The Morgan fingerprint density at radius 3 is 2.58 bits per heavy atom. The van der Waals surface area contributed by atoms with Gasteiger partial charge in [-0.1, -0.05) is 5.11 Å². The lowest BCUT2D eigenvalue weighted by Crippen LogP contribution is -2.58. The normalized spacial score (nSPS) is 20.4. The molecule has 0 radical (unpaired) electrons. The summed E-state index contributed by atoms with van der Waals surface area (Å²) in [6.45, 7) is 2.85. The van der Waals surface area contributed by atoms with Crippen molar-refractivity contribution < 1.29 is 14.3 Å². The van der Waals surface area contributed by atoms with Crippen LogP contribution < -0.4 is 26.0 Å². The highest BCUT2D eigenvalue weighted by atomic mass is 16.5. The van der Waals surface area contributed by atoms with Gasteiger partial charge in [-0.2, -0.15) is 0 Å². The average molecular weight is 521 g/mol. The summed E-state index contributed by atoms with van der Waals surface area (Å²) < 4.78 is 5.54. The number of pyridine rings is 1. The van der Waals surface area contributed by atoms with E-state index in [1.807, 2.05) is 18.0 Å². The van der Waals surface area contributed by atoms with Gasteiger partial charge in [-0.3, -0.25) is 14.6 Å². The predicted molar refractivity (Wildman–Crippen MR) is 143 cm³/mol. The van der Waals surface area contributed by atoms with Crippen LogP contribution in [0.3, 0.4) is 0 Å². The maximum atomic E-state index is 13.3. The number of nitrogens with zero attached hydrogens (tertiary/aromatic N) is 8. The molecule has 2 aromatic rings. The molecule has 13 heteroatoms. The minimum absolute atomic E-state index is 0.00117. The number of likely N-dealkylation sites (N-methyl/N-ethyl adjacent to an activating group) is 2. The Morgan fingerprint density at radius 1 is 1.21 bits per heavy atom. The van der Waals surface area contributed by atoms with Gasteiger partial charge in [0.25, 0.3) is 5.91 Å². The van der Waals surface area contributed by atoms with Crippen molar-refractivity contribution in [2.45, 2.75) is 31.0 Å². The highest BCUT2D eigenvalue weighted by Crippen LogP contribution is 2.39. The first-order chi connectivity index (χ1) is 18.4. The van der Waals surface area contributed by atoms with Crippen molar-refractivity contribution in [2.75, 3.05) is 61.8 Å². The maximum Gasteiger partial charge on any atom is 0.251 e. The van der Waals surface area contributed by atoms with E-state index in [1.165, 1.54) is 5.01 Å². The van der Waals surface area contributed by atoms with E-state index in [2.05, 4.69) is 20.2 Å². The molecule has 3 aliphatic heterocycles. The number of carbonyl (C=O) groups excluding carboxylic acids is 2. The first-order valence-corrected chi connectivity index (χ1v) is 12.7. The van der Waals surface area contributed by atoms with Crippen LogP contribution in [0.1, 0.15) is 23.2 Å². The van der Waals surface area contributed by atoms with Crippen LogP contribution in [0.25, 0.3) is 10.4 Å². The number of amides is 2. The molecular formula is C25H32N10O3. The fourth-order valence-electron chi connectivity index (χ4n) is 5.26. The van der Waals surface area contributed by atoms with Crippen molar-refractivity contribution >= 4 is 34.8 Å². The van der Waals surface area contributed by atoms with Crippen LogP contribution in [0, 0.1) is 0 Å². The zero-order valence-electron chi connectivity index (χ0n) is 21.5. The molecule has 2 saturated heterocycles. The standard InChI is InChI=1S/C25H32N10O3/c1-32-14-17(15-32)29-24(36)16-3-5-19(6-4-16)35(27)22-8-7-20-23(30-22)34(18-9-11-38-12-10-18)21(13-28-31-26)25(37)33(20)2/h3-8,17-18,21H,9-15,27H2,1-2H3,(H,29,36)/t21-/m1/s1. The summed E-state index contributed by atoms with van der Waals surface area (Å²) in [5.41, 5.74) is 10.8. The molecule has 0 spiro atoms. The van der Waals surface area contributed by atoms with Gasteiger partial charge in [-0.15, -0.1) is 0 Å². The summed E-state index contributed by atoms with van der Waals surface area (Å²) in [7, 11) is 3.71. The number of ether oxygens (including phenoxy) is 1. The van der Waals surface area contributed by atoms with Gasteiger partial charge in [0, 0.05) is 49.9 Å². The van der Waals surface area contributed by atoms with E-state index in [1.54, 1.807) is 42.3 Å². The van der Waals surface area contributed by atoms with Crippen molar-refractivity contribution in [2.24, 2.45) is 11.0 Å². The van der Waals surface area contributed by atoms with Crippen molar-refractivity contribution in [3.8, 4) is 0 Å². The third kappa shape index (κ3) is 4.96. The predicted octanol–water partition coefficient (Wildman–Crippen LogP) is 1.78. The van der Waals surface area contributed by atoms with Crippen molar-refractivity contribution in [3.63, 3.8) is 0 Å². The number of fused-ring (bicyclic) bond motifs is 1. The number of rotatable bonds is 7. The molecule has 3 aliphatic rings. The number of nitrogens with two attached hydrogens (primary N) is 1. The van der Waals surface area contributed by atoms with Crippen molar-refractivity contribution in [1.82, 2.24) is 15.2 Å². The van der Waals surface area contributed by atoms with Gasteiger partial charge in [-0.25, -0.2) is 10.8 Å². The number of carbonyl (C=O) groups is 2. The van der Waals surface area contributed by atoms with Crippen molar-refractivity contribution in [3.05, 3.63) is 52.4 Å². The number of azide groups is 1. The molecule has 2 amide bonds. The van der Waals surface area contributed by atoms with Crippen LogP contribution in [0.4, 0.5) is 23.0 Å². The topological polar surface area (TPSA) is 156 Å². The second kappa shape index (κ2) is 10.8. The largest absolute Gasteiger partial charge is 0.381 e. The maximum absolute atomic E-state index is 13.3. The number of hydrogen-bond acceptors (Lipinski definition) is 9. The fraction of sp³-hybridized carbons (Fsp3) is 0.480. The number of benzene rings is 1. The molecule has 1 atom stereocenters. The molecule has 1 aromatic heterocycles. The Bertz CT molecular complexity index is 1240. The summed E-state index contributed by atoms with van der Waals surface area (Å²) in [5, 5.41) is 8.19. The highest BCUT2D eigenvalue weighted by Gasteiger charge is 2.41. The van der Waals surface area contributed by atoms with Gasteiger partial charge in [0.1, 0.15) is 11.9 Å². The highest BCUT2D eigenvalue weighted by molar-refractivity contribution is 6.05. The molecule has 5 rings (SSSR count). The summed E-state index contributed by atoms with van der Waals surface area (Å²) in [5.74, 6) is 7.29. The molecule has 2 fully saturated rings. The minimum Gasteiger partial charge on any atom is -0.381 e. The summed E-state index contributed by atoms with van der Waals surface area (Å²) in [6.07, 6.45) is 1.45. The second-order valence-corrected chi connectivity index (χ2v) is 9.90. The summed E-state index contributed by atoms with van der Waals surface area (Å²) in [6, 6.07) is 10.1. The number of aromatic nitrogens is 1. The Labute approximate surface area is 220 Å². The molecule has 200 valence electrons. The minimum atomic E-state index is -0.672. The van der Waals surface area contributed by atoms with E-state index in [4.69, 9.17) is 21.1 Å². The first-order valence-electron chi connectivity index (χ1n) is 12.7. The lowest BCUT2D eigenvalue weighted by Gasteiger charge is -2.45. The van der Waals surface area contributed by atoms with E-state index >= 15 is 0 Å². The molecule has 4 heterocycles. The first kappa shape index (κ1) is 25.7. The van der Waals surface area contributed by atoms with E-state index in [0.717, 1.165) is 25.9 Å². The Kier molecular flexibility index (Phi) is 7.34. The molecule has 0 bridgehead atoms. The van der Waals surface area contributed by atoms with Crippen LogP contribution in [0.2, 0.25) is 0 Å². The fourth-order valence-corrected chi connectivity index (χ4v) is 5.26. The summed E-state index contributed by atoms with van der Waals surface area (Å²) in [4.78, 5) is 39.2. The zero-order valence-corrected chi connectivity index (χ0v) is 21.5. The third-order valence-corrected chi connectivity index (χ3v) is 7.35. The van der Waals surface area contributed by atoms with Gasteiger partial charge in [0.05, 0.1) is 24.0 Å². The van der Waals surface area contributed by atoms with Crippen LogP contribution in [-0.4, -0.2) is 86.8 Å². The van der Waals surface area contributed by atoms with E-state index < -0.39 is 6.04 Å². The Hall–Kier alpha value is -3.90. The van der Waals surface area contributed by atoms with Crippen LogP contribution >= 0.6 is 0 Å². The van der Waals surface area contributed by atoms with Crippen LogP contribution in [-0.2, 0) is 9.53 Å². The van der Waals surface area contributed by atoms with Crippen LogP contribution in [0.15, 0.2) is 41.5 Å². The van der Waals surface area contributed by atoms with Crippen molar-refractivity contribution in [1.29, 1.82) is 0 Å². The molecule has 13 nitrogen and oxygen atoms in total. The molecular weight excluding hydrogens is 488 g/mol. The molecule has 38 heavy (non-hydrogen) atoms. The number of anilines is 4. The Balaban J connectivity index is 1.41. The Morgan fingerprint density at radius 2 is 1.92 bits per heavy atom. The smallest absolute Gasteiger partial charge is 0.251 e. The van der Waals surface area contributed by atoms with Gasteiger partial charge in [0.2, 0.25) is 5.91 Å². The van der Waals surface area contributed by atoms with E-state index in [0.29, 0.717) is 41.8 Å². The number of hydrazine groups is 1. The second-order valence-electron chi connectivity index (χ2n) is 9.90. The monoisotopic (exact) mass is 520 g/mol. The molecule has 3 N–H and O–H groups in total. The average Bonchev–Trinajstić information content (AvgIpc) is 2.93. The number of hydrogen-bond donors (Lipinski definition) is 2. The lowest BCUT2D eigenvalue weighted by atomic mass is 10.0. The number of nitrogens with one attached hydrogen (secondary N) is 1. The molecule has 0 saturated carbocycles. The quantitative estimate of drug-likeness (QED) is 0.184. The van der Waals surface area contributed by atoms with Gasteiger partial charge in [-0.05, 0) is 61.8 Å². The summed E-state index contributed by atoms with van der Waals surface area (Å²) >= 11 is 0. The zero-order chi connectivity index (χ0) is 26.8. The van der Waals surface area contributed by atoms with Gasteiger partial charge in [0.15, 0.2) is 5.82 Å². The van der Waals surface area contributed by atoms with Crippen LogP contribution in [0.5, 0.6) is 0 Å². The number of likely N-dealkylation sites (tertiary alicyclic amines) is 1. The molecule has 1 aromatic carbocycles. The van der Waals surface area contributed by atoms with E-state index in [-0.39, 0.29) is 30.4 Å². The third-order valence-electron chi connectivity index (χ3n) is 7.35. The van der Waals surface area contributed by atoms with Gasteiger partial charge >= 0.3 is 0 Å². The SMILES string of the molecule is CN1CC(NC(=O)c2ccc(N(N)c3ccc4c(n3)N(C3CCOCC3)[C@H](CN=[N+]=[N-])C(=O)N4C)cc2)C1.